The normalized spacial score (nSPS) is 14.5. The van der Waals surface area contributed by atoms with Crippen LogP contribution in [-0.4, -0.2) is 23.6 Å². The SMILES string of the molecule is COc1ccccc1C1(c2ccccc2O)N=C(c2ccccc2)C(c2ccccc2)=N1. The van der Waals surface area contributed by atoms with Gasteiger partial charge in [-0.1, -0.05) is 97.1 Å². The van der Waals surface area contributed by atoms with Crippen molar-refractivity contribution in [3.05, 3.63) is 131 Å². The number of phenols is 1. The van der Waals surface area contributed by atoms with Crippen molar-refractivity contribution in [2.24, 2.45) is 9.98 Å². The zero-order valence-electron chi connectivity index (χ0n) is 17.6. The van der Waals surface area contributed by atoms with Crippen molar-refractivity contribution in [3.63, 3.8) is 0 Å². The lowest BCUT2D eigenvalue weighted by molar-refractivity contribution is 0.393. The lowest BCUT2D eigenvalue weighted by atomic mass is 9.91. The van der Waals surface area contributed by atoms with E-state index in [-0.39, 0.29) is 5.75 Å². The Bertz CT molecular complexity index is 1260. The number of aromatic hydroxyl groups is 1. The van der Waals surface area contributed by atoms with Crippen molar-refractivity contribution in [1.29, 1.82) is 0 Å². The lowest BCUT2D eigenvalue weighted by Gasteiger charge is -2.26. The van der Waals surface area contributed by atoms with Gasteiger partial charge in [0, 0.05) is 22.3 Å². The largest absolute Gasteiger partial charge is 0.507 e. The van der Waals surface area contributed by atoms with Gasteiger partial charge in [-0.05, 0) is 12.1 Å². The molecule has 4 aromatic carbocycles. The summed E-state index contributed by atoms with van der Waals surface area (Å²) < 4.78 is 5.71. The molecule has 1 aliphatic rings. The van der Waals surface area contributed by atoms with Gasteiger partial charge in [0.1, 0.15) is 11.5 Å². The van der Waals surface area contributed by atoms with Crippen LogP contribution in [0, 0.1) is 0 Å². The average molecular weight is 418 g/mol. The molecule has 0 spiro atoms. The Hall–Kier alpha value is -4.18. The van der Waals surface area contributed by atoms with E-state index in [1.807, 2.05) is 97.1 Å². The fourth-order valence-corrected chi connectivity index (χ4v) is 4.14. The predicted octanol–water partition coefficient (Wildman–Crippen LogP) is 5.59. The number of aliphatic imine (C=N–C) groups is 2. The van der Waals surface area contributed by atoms with Gasteiger partial charge in [-0.2, -0.15) is 0 Å². The van der Waals surface area contributed by atoms with Crippen LogP contribution in [0.2, 0.25) is 0 Å². The zero-order valence-corrected chi connectivity index (χ0v) is 17.6. The number of benzene rings is 4. The van der Waals surface area contributed by atoms with Crippen molar-refractivity contribution in [1.82, 2.24) is 0 Å². The number of ether oxygens (including phenoxy) is 1. The van der Waals surface area contributed by atoms with Crippen LogP contribution in [-0.2, 0) is 5.66 Å². The summed E-state index contributed by atoms with van der Waals surface area (Å²) in [6.07, 6.45) is 0. The highest BCUT2D eigenvalue weighted by molar-refractivity contribution is 6.54. The van der Waals surface area contributed by atoms with Gasteiger partial charge in [0.2, 0.25) is 5.66 Å². The molecule has 0 fully saturated rings. The molecule has 1 aliphatic heterocycles. The van der Waals surface area contributed by atoms with Gasteiger partial charge in [0.15, 0.2) is 0 Å². The van der Waals surface area contributed by atoms with E-state index in [1.165, 1.54) is 0 Å². The van der Waals surface area contributed by atoms with Crippen LogP contribution in [0.25, 0.3) is 0 Å². The molecule has 0 bridgehead atoms. The van der Waals surface area contributed by atoms with Crippen LogP contribution in [0.5, 0.6) is 11.5 Å². The van der Waals surface area contributed by atoms with Crippen LogP contribution in [0.1, 0.15) is 22.3 Å². The zero-order chi connectivity index (χ0) is 22.0. The van der Waals surface area contributed by atoms with Gasteiger partial charge in [0.25, 0.3) is 0 Å². The molecule has 4 heteroatoms. The Morgan fingerprint density at radius 1 is 0.594 bits per heavy atom. The van der Waals surface area contributed by atoms with Crippen LogP contribution >= 0.6 is 0 Å². The summed E-state index contributed by atoms with van der Waals surface area (Å²) in [6.45, 7) is 0. The van der Waals surface area contributed by atoms with E-state index in [0.717, 1.165) is 28.1 Å². The van der Waals surface area contributed by atoms with Gasteiger partial charge in [-0.3, -0.25) is 0 Å². The van der Waals surface area contributed by atoms with Gasteiger partial charge >= 0.3 is 0 Å². The molecule has 4 aromatic rings. The van der Waals surface area contributed by atoms with E-state index in [1.54, 1.807) is 19.2 Å². The monoisotopic (exact) mass is 418 g/mol. The van der Waals surface area contributed by atoms with E-state index in [4.69, 9.17) is 14.7 Å². The molecule has 5 rings (SSSR count). The molecule has 156 valence electrons. The fraction of sp³-hybridized carbons (Fsp3) is 0.0714. The number of rotatable bonds is 5. The maximum absolute atomic E-state index is 10.9. The minimum Gasteiger partial charge on any atom is -0.507 e. The summed E-state index contributed by atoms with van der Waals surface area (Å²) in [7, 11) is 1.63. The number of nitrogens with zero attached hydrogens (tertiary/aromatic N) is 2. The highest BCUT2D eigenvalue weighted by Crippen LogP contribution is 2.47. The molecule has 1 N–H and O–H groups in total. The van der Waals surface area contributed by atoms with E-state index < -0.39 is 5.66 Å². The Morgan fingerprint density at radius 3 is 1.59 bits per heavy atom. The highest BCUT2D eigenvalue weighted by Gasteiger charge is 2.44. The van der Waals surface area contributed by atoms with Crippen LogP contribution in [0.4, 0.5) is 0 Å². The number of hydrogen-bond donors (Lipinski definition) is 1. The van der Waals surface area contributed by atoms with Gasteiger partial charge < -0.3 is 9.84 Å². The van der Waals surface area contributed by atoms with E-state index in [9.17, 15) is 5.11 Å². The third kappa shape index (κ3) is 3.26. The van der Waals surface area contributed by atoms with Crippen molar-refractivity contribution in [3.8, 4) is 11.5 Å². The minimum atomic E-state index is -1.19. The molecule has 1 heterocycles. The van der Waals surface area contributed by atoms with Crippen molar-refractivity contribution in [2.75, 3.05) is 7.11 Å². The summed E-state index contributed by atoms with van der Waals surface area (Å²) in [6, 6.07) is 35.0. The molecular formula is C28H22N2O2. The first-order chi connectivity index (χ1) is 15.7. The third-order valence-corrected chi connectivity index (χ3v) is 5.63. The standard InChI is InChI=1S/C28H22N2O2/c1-32-25-19-11-9-17-23(25)28(22-16-8-10-18-24(22)31)29-26(20-12-4-2-5-13-20)27(30-28)21-14-6-3-7-15-21/h2-19,31H,1H3. The van der Waals surface area contributed by atoms with E-state index in [0.29, 0.717) is 11.3 Å². The third-order valence-electron chi connectivity index (χ3n) is 5.63. The predicted molar refractivity (Wildman–Crippen MR) is 128 cm³/mol. The highest BCUT2D eigenvalue weighted by atomic mass is 16.5. The Morgan fingerprint density at radius 2 is 1.06 bits per heavy atom. The maximum atomic E-state index is 10.9. The van der Waals surface area contributed by atoms with Crippen molar-refractivity contribution < 1.29 is 9.84 Å². The molecule has 4 nitrogen and oxygen atoms in total. The van der Waals surface area contributed by atoms with Gasteiger partial charge in [-0.25, -0.2) is 9.98 Å². The first-order valence-corrected chi connectivity index (χ1v) is 10.5. The smallest absolute Gasteiger partial charge is 0.209 e. The number of methoxy groups -OCH3 is 1. The molecule has 0 radical (unpaired) electrons. The molecule has 0 aromatic heterocycles. The molecule has 0 atom stereocenters. The van der Waals surface area contributed by atoms with Crippen LogP contribution in [0.15, 0.2) is 119 Å². The average Bonchev–Trinajstić information content (AvgIpc) is 3.27. The van der Waals surface area contributed by atoms with Crippen molar-refractivity contribution in [2.45, 2.75) is 5.66 Å². The quantitative estimate of drug-likeness (QED) is 0.459. The van der Waals surface area contributed by atoms with Gasteiger partial charge in [0.05, 0.1) is 18.5 Å². The first kappa shape index (κ1) is 19.8. The van der Waals surface area contributed by atoms with E-state index >= 15 is 0 Å². The van der Waals surface area contributed by atoms with E-state index in [2.05, 4.69) is 0 Å². The Labute approximate surface area is 187 Å². The number of phenolic OH excluding ortho intramolecular Hbond substituents is 1. The fourth-order valence-electron chi connectivity index (χ4n) is 4.14. The molecular weight excluding hydrogens is 396 g/mol. The first-order valence-electron chi connectivity index (χ1n) is 10.5. The second-order valence-electron chi connectivity index (χ2n) is 7.54. The minimum absolute atomic E-state index is 0.132. The summed E-state index contributed by atoms with van der Waals surface area (Å²) in [5, 5.41) is 10.9. The summed E-state index contributed by atoms with van der Waals surface area (Å²) >= 11 is 0. The Kier molecular flexibility index (Phi) is 5.04. The van der Waals surface area contributed by atoms with Crippen LogP contribution < -0.4 is 4.74 Å². The Balaban J connectivity index is 1.87. The molecule has 0 unspecified atom stereocenters. The van der Waals surface area contributed by atoms with Crippen LogP contribution in [0.3, 0.4) is 0 Å². The number of hydrogen-bond acceptors (Lipinski definition) is 4. The summed E-state index contributed by atoms with van der Waals surface area (Å²) in [4.78, 5) is 10.5. The molecule has 0 aliphatic carbocycles. The lowest BCUT2D eigenvalue weighted by Crippen LogP contribution is -2.22. The molecule has 0 amide bonds. The number of para-hydroxylation sites is 2. The molecule has 0 saturated heterocycles. The summed E-state index contributed by atoms with van der Waals surface area (Å²) in [5.74, 6) is 0.789. The molecule has 0 saturated carbocycles. The second kappa shape index (κ2) is 8.16. The van der Waals surface area contributed by atoms with Gasteiger partial charge in [-0.15, -0.1) is 0 Å². The summed E-state index contributed by atoms with van der Waals surface area (Å²) in [5.41, 5.74) is 3.64. The topological polar surface area (TPSA) is 54.2 Å². The molecule has 32 heavy (non-hydrogen) atoms. The second-order valence-corrected chi connectivity index (χ2v) is 7.54. The maximum Gasteiger partial charge on any atom is 0.209 e. The van der Waals surface area contributed by atoms with Crippen molar-refractivity contribution >= 4 is 11.4 Å².